The van der Waals surface area contributed by atoms with Crippen molar-refractivity contribution in [2.75, 3.05) is 6.61 Å². The van der Waals surface area contributed by atoms with Gasteiger partial charge in [0.2, 0.25) is 0 Å². The molecule has 1 fully saturated rings. The number of benzene rings is 1. The first kappa shape index (κ1) is 13.1. The fraction of sp³-hybridized carbons (Fsp3) is 0.647. The van der Waals surface area contributed by atoms with Gasteiger partial charge in [-0.1, -0.05) is 24.3 Å². The van der Waals surface area contributed by atoms with Crippen LogP contribution in [0.1, 0.15) is 55.6 Å². The molecular weight excluding hydrogens is 234 g/mol. The highest BCUT2D eigenvalue weighted by Gasteiger charge is 2.27. The molecule has 1 aromatic rings. The van der Waals surface area contributed by atoms with Gasteiger partial charge in [0.1, 0.15) is 0 Å². The van der Waals surface area contributed by atoms with E-state index in [4.69, 9.17) is 10.5 Å². The molecule has 0 radical (unpaired) electrons. The van der Waals surface area contributed by atoms with E-state index in [-0.39, 0.29) is 6.04 Å². The van der Waals surface area contributed by atoms with Gasteiger partial charge in [-0.2, -0.15) is 0 Å². The van der Waals surface area contributed by atoms with E-state index in [1.807, 2.05) is 0 Å². The summed E-state index contributed by atoms with van der Waals surface area (Å²) in [5.74, 6) is 0.644. The van der Waals surface area contributed by atoms with Gasteiger partial charge in [-0.25, -0.2) is 0 Å². The Balaban J connectivity index is 1.66. The van der Waals surface area contributed by atoms with Crippen LogP contribution in [-0.4, -0.2) is 18.8 Å². The van der Waals surface area contributed by atoms with Crippen molar-refractivity contribution in [3.8, 4) is 0 Å². The lowest BCUT2D eigenvalue weighted by molar-refractivity contribution is -0.00259. The molecule has 1 aliphatic heterocycles. The van der Waals surface area contributed by atoms with Gasteiger partial charge in [-0.05, 0) is 62.0 Å². The number of fused-ring (bicyclic) bond motifs is 1. The Labute approximate surface area is 116 Å². The molecule has 0 spiro atoms. The van der Waals surface area contributed by atoms with Crippen LogP contribution in [0.5, 0.6) is 0 Å². The predicted octanol–water partition coefficient (Wildman–Crippen LogP) is 3.39. The summed E-state index contributed by atoms with van der Waals surface area (Å²) in [7, 11) is 0. The van der Waals surface area contributed by atoms with Crippen molar-refractivity contribution in [1.82, 2.24) is 0 Å². The molecule has 3 unspecified atom stereocenters. The quantitative estimate of drug-likeness (QED) is 0.903. The largest absolute Gasteiger partial charge is 0.377 e. The summed E-state index contributed by atoms with van der Waals surface area (Å²) < 4.78 is 5.84. The highest BCUT2D eigenvalue weighted by atomic mass is 16.5. The van der Waals surface area contributed by atoms with Gasteiger partial charge >= 0.3 is 0 Å². The minimum atomic E-state index is 0.205. The summed E-state index contributed by atoms with van der Waals surface area (Å²) in [6.07, 6.45) is 8.84. The van der Waals surface area contributed by atoms with Crippen LogP contribution >= 0.6 is 0 Å². The molecule has 2 aliphatic rings. The van der Waals surface area contributed by atoms with Crippen molar-refractivity contribution in [1.29, 1.82) is 0 Å². The zero-order valence-corrected chi connectivity index (χ0v) is 11.7. The van der Waals surface area contributed by atoms with Crippen molar-refractivity contribution < 1.29 is 4.74 Å². The van der Waals surface area contributed by atoms with Crippen LogP contribution in [0.4, 0.5) is 0 Å². The summed E-state index contributed by atoms with van der Waals surface area (Å²) >= 11 is 0. The Morgan fingerprint density at radius 1 is 1.16 bits per heavy atom. The lowest BCUT2D eigenvalue weighted by Crippen LogP contribution is -2.40. The minimum absolute atomic E-state index is 0.205. The monoisotopic (exact) mass is 259 g/mol. The van der Waals surface area contributed by atoms with E-state index in [9.17, 15) is 0 Å². The molecule has 0 amide bonds. The Kier molecular flexibility index (Phi) is 4.19. The van der Waals surface area contributed by atoms with Gasteiger partial charge in [0.05, 0.1) is 6.10 Å². The number of rotatable bonds is 3. The summed E-state index contributed by atoms with van der Waals surface area (Å²) in [4.78, 5) is 0. The normalized spacial score (nSPS) is 28.7. The van der Waals surface area contributed by atoms with Gasteiger partial charge in [0.15, 0.2) is 0 Å². The molecule has 2 N–H and O–H groups in total. The topological polar surface area (TPSA) is 35.2 Å². The zero-order chi connectivity index (χ0) is 13.1. The first-order valence-electron chi connectivity index (χ1n) is 7.79. The molecule has 3 rings (SSSR count). The standard InChI is InChI=1S/C17H25NO/c18-16(17-10-3-4-11-19-17)12-14-8-5-7-13-6-1-2-9-15(13)14/h1-2,6,9,14,16-17H,3-5,7-8,10-12,18H2. The summed E-state index contributed by atoms with van der Waals surface area (Å²) in [6.45, 7) is 0.902. The number of hydrogen-bond acceptors (Lipinski definition) is 2. The molecule has 1 heterocycles. The smallest absolute Gasteiger partial charge is 0.0726 e. The van der Waals surface area contributed by atoms with Gasteiger partial charge in [0, 0.05) is 12.6 Å². The Hall–Kier alpha value is -0.860. The van der Waals surface area contributed by atoms with E-state index >= 15 is 0 Å². The van der Waals surface area contributed by atoms with E-state index in [0.29, 0.717) is 12.0 Å². The van der Waals surface area contributed by atoms with Crippen LogP contribution < -0.4 is 5.73 Å². The molecule has 1 saturated heterocycles. The summed E-state index contributed by atoms with van der Waals surface area (Å²) in [5, 5.41) is 0. The average Bonchev–Trinajstić information content (AvgIpc) is 2.48. The van der Waals surface area contributed by atoms with E-state index < -0.39 is 0 Å². The third-order valence-electron chi connectivity index (χ3n) is 4.74. The summed E-state index contributed by atoms with van der Waals surface area (Å²) in [6, 6.07) is 9.11. The Morgan fingerprint density at radius 2 is 2.05 bits per heavy atom. The maximum absolute atomic E-state index is 6.41. The van der Waals surface area contributed by atoms with Crippen LogP contribution in [-0.2, 0) is 11.2 Å². The summed E-state index contributed by atoms with van der Waals surface area (Å²) in [5.41, 5.74) is 9.49. The molecule has 3 atom stereocenters. The molecule has 1 aliphatic carbocycles. The second-order valence-corrected chi connectivity index (χ2v) is 6.09. The van der Waals surface area contributed by atoms with Crippen LogP contribution in [0.3, 0.4) is 0 Å². The highest BCUT2D eigenvalue weighted by Crippen LogP contribution is 2.35. The first-order chi connectivity index (χ1) is 9.34. The van der Waals surface area contributed by atoms with Crippen LogP contribution in [0.2, 0.25) is 0 Å². The molecule has 19 heavy (non-hydrogen) atoms. The zero-order valence-electron chi connectivity index (χ0n) is 11.7. The molecular formula is C17H25NO. The molecule has 2 nitrogen and oxygen atoms in total. The first-order valence-corrected chi connectivity index (χ1v) is 7.79. The number of hydrogen-bond donors (Lipinski definition) is 1. The second-order valence-electron chi connectivity index (χ2n) is 6.09. The van der Waals surface area contributed by atoms with E-state index in [2.05, 4.69) is 24.3 Å². The Morgan fingerprint density at radius 3 is 2.89 bits per heavy atom. The third kappa shape index (κ3) is 3.01. The highest BCUT2D eigenvalue weighted by molar-refractivity contribution is 5.32. The average molecular weight is 259 g/mol. The third-order valence-corrected chi connectivity index (χ3v) is 4.74. The fourth-order valence-corrected chi connectivity index (χ4v) is 3.68. The van der Waals surface area contributed by atoms with E-state index in [1.165, 1.54) is 37.7 Å². The molecule has 0 saturated carbocycles. The fourth-order valence-electron chi connectivity index (χ4n) is 3.68. The van der Waals surface area contributed by atoms with Crippen molar-refractivity contribution in [3.63, 3.8) is 0 Å². The number of aryl methyl sites for hydroxylation is 1. The molecule has 2 heteroatoms. The van der Waals surface area contributed by atoms with Gasteiger partial charge in [-0.15, -0.1) is 0 Å². The van der Waals surface area contributed by atoms with Crippen molar-refractivity contribution in [2.24, 2.45) is 5.73 Å². The Bertz CT molecular complexity index is 411. The lowest BCUT2D eigenvalue weighted by Gasteiger charge is -2.32. The molecule has 104 valence electrons. The van der Waals surface area contributed by atoms with Crippen LogP contribution in [0.25, 0.3) is 0 Å². The SMILES string of the molecule is NC(CC1CCCc2ccccc21)C1CCCCO1. The van der Waals surface area contributed by atoms with Crippen molar-refractivity contribution in [2.45, 2.75) is 63.0 Å². The maximum atomic E-state index is 6.41. The van der Waals surface area contributed by atoms with Crippen LogP contribution in [0, 0.1) is 0 Å². The number of ether oxygens (including phenoxy) is 1. The molecule has 0 bridgehead atoms. The minimum Gasteiger partial charge on any atom is -0.377 e. The molecule has 0 aromatic heterocycles. The van der Waals surface area contributed by atoms with Gasteiger partial charge < -0.3 is 10.5 Å². The van der Waals surface area contributed by atoms with E-state index in [1.54, 1.807) is 5.56 Å². The lowest BCUT2D eigenvalue weighted by atomic mass is 9.78. The second kappa shape index (κ2) is 6.06. The maximum Gasteiger partial charge on any atom is 0.0726 e. The molecule has 1 aromatic carbocycles. The number of nitrogens with two attached hydrogens (primary N) is 1. The van der Waals surface area contributed by atoms with Gasteiger partial charge in [0.25, 0.3) is 0 Å². The predicted molar refractivity (Wildman–Crippen MR) is 78.3 cm³/mol. The van der Waals surface area contributed by atoms with Crippen molar-refractivity contribution in [3.05, 3.63) is 35.4 Å². The van der Waals surface area contributed by atoms with Crippen LogP contribution in [0.15, 0.2) is 24.3 Å². The van der Waals surface area contributed by atoms with E-state index in [0.717, 1.165) is 19.4 Å². The van der Waals surface area contributed by atoms with Crippen molar-refractivity contribution >= 4 is 0 Å². The van der Waals surface area contributed by atoms with Gasteiger partial charge in [-0.3, -0.25) is 0 Å².